The first-order valence-electron chi connectivity index (χ1n) is 7.89. The molecule has 24 heavy (non-hydrogen) atoms. The molecule has 2 aromatic rings. The number of hydrogen-bond acceptors (Lipinski definition) is 2. The topological polar surface area (TPSA) is 62.8 Å². The zero-order valence-electron chi connectivity index (χ0n) is 14.0. The zero-order chi connectivity index (χ0) is 17.7. The van der Waals surface area contributed by atoms with E-state index in [1.165, 1.54) is 6.92 Å². The molecule has 2 aromatic carbocycles. The van der Waals surface area contributed by atoms with Gasteiger partial charge < -0.3 is 10.6 Å². The Kier molecular flexibility index (Phi) is 6.12. The largest absolute Gasteiger partial charge is 0.330 e. The summed E-state index contributed by atoms with van der Waals surface area (Å²) in [6.07, 6.45) is 0. The van der Waals surface area contributed by atoms with Gasteiger partial charge in [-0.05, 0) is 57.2 Å². The van der Waals surface area contributed by atoms with Crippen LogP contribution in [0.5, 0.6) is 0 Å². The average Bonchev–Trinajstić information content (AvgIpc) is 2.55. The number of amides is 1. The standard InChI is InChI=1S/C19H21ClN2O2/c1-12(16-5-4-6-17(20)11-16)21-13(2)19(24)22-18-9-7-15(8-10-18)14(3)23/h4-13,21H,1-3H3,(H,22,24)/p+1/t12-,13+/m1/s1. The Bertz CT molecular complexity index is 728. The van der Waals surface area contributed by atoms with Gasteiger partial charge in [-0.1, -0.05) is 23.7 Å². The van der Waals surface area contributed by atoms with Crippen molar-refractivity contribution in [3.05, 3.63) is 64.7 Å². The smallest absolute Gasteiger partial charge is 0.282 e. The van der Waals surface area contributed by atoms with Crippen molar-refractivity contribution >= 4 is 29.0 Å². The Hall–Kier alpha value is -2.17. The molecule has 1 amide bonds. The van der Waals surface area contributed by atoms with Crippen molar-refractivity contribution in [1.29, 1.82) is 0 Å². The molecule has 0 aliphatic carbocycles. The number of hydrogen-bond donors (Lipinski definition) is 2. The van der Waals surface area contributed by atoms with Gasteiger partial charge in [0.25, 0.3) is 5.91 Å². The molecule has 0 aliphatic rings. The van der Waals surface area contributed by atoms with Crippen molar-refractivity contribution in [1.82, 2.24) is 0 Å². The molecule has 0 bridgehead atoms. The lowest BCUT2D eigenvalue weighted by atomic mass is 10.1. The van der Waals surface area contributed by atoms with Crippen LogP contribution in [0, 0.1) is 0 Å². The van der Waals surface area contributed by atoms with E-state index in [4.69, 9.17) is 11.6 Å². The van der Waals surface area contributed by atoms with Gasteiger partial charge in [0.15, 0.2) is 11.8 Å². The van der Waals surface area contributed by atoms with Gasteiger partial charge in [-0.2, -0.15) is 0 Å². The van der Waals surface area contributed by atoms with Crippen LogP contribution < -0.4 is 10.6 Å². The number of benzene rings is 2. The second-order valence-corrected chi connectivity index (χ2v) is 6.38. The molecular formula is C19H22ClN2O2+. The maximum atomic E-state index is 12.3. The molecule has 0 fully saturated rings. The molecule has 0 radical (unpaired) electrons. The highest BCUT2D eigenvalue weighted by molar-refractivity contribution is 6.30. The van der Waals surface area contributed by atoms with Gasteiger partial charge >= 0.3 is 0 Å². The molecule has 0 unspecified atom stereocenters. The predicted molar refractivity (Wildman–Crippen MR) is 96.3 cm³/mol. The molecule has 0 aliphatic heterocycles. The minimum atomic E-state index is -0.258. The molecule has 0 heterocycles. The summed E-state index contributed by atoms with van der Waals surface area (Å²) in [5.41, 5.74) is 2.39. The van der Waals surface area contributed by atoms with Crippen LogP contribution in [0.25, 0.3) is 0 Å². The number of carbonyl (C=O) groups excluding carboxylic acids is 2. The molecule has 5 heteroatoms. The lowest BCUT2D eigenvalue weighted by Crippen LogP contribution is -2.91. The predicted octanol–water partition coefficient (Wildman–Crippen LogP) is 3.19. The number of nitrogens with one attached hydrogen (secondary N) is 1. The third-order valence-corrected chi connectivity index (χ3v) is 4.16. The van der Waals surface area contributed by atoms with Gasteiger partial charge in [-0.3, -0.25) is 9.59 Å². The minimum absolute atomic E-state index is 0.00456. The lowest BCUT2D eigenvalue weighted by molar-refractivity contribution is -0.709. The fraction of sp³-hybridized carbons (Fsp3) is 0.263. The second kappa shape index (κ2) is 8.08. The normalized spacial score (nSPS) is 13.2. The number of quaternary nitrogens is 1. The number of ketones is 1. The number of halogens is 1. The van der Waals surface area contributed by atoms with E-state index in [-0.39, 0.29) is 23.8 Å². The molecular weight excluding hydrogens is 324 g/mol. The Morgan fingerprint density at radius 1 is 1.08 bits per heavy atom. The van der Waals surface area contributed by atoms with E-state index in [0.717, 1.165) is 5.56 Å². The molecule has 0 spiro atoms. The van der Waals surface area contributed by atoms with Crippen molar-refractivity contribution < 1.29 is 14.9 Å². The molecule has 3 N–H and O–H groups in total. The second-order valence-electron chi connectivity index (χ2n) is 5.95. The van der Waals surface area contributed by atoms with Crippen LogP contribution in [0.4, 0.5) is 5.69 Å². The van der Waals surface area contributed by atoms with Crippen molar-refractivity contribution in [3.63, 3.8) is 0 Å². The molecule has 0 saturated carbocycles. The van der Waals surface area contributed by atoms with Crippen LogP contribution in [-0.2, 0) is 4.79 Å². The number of carbonyl (C=O) groups is 2. The third-order valence-electron chi connectivity index (χ3n) is 3.92. The van der Waals surface area contributed by atoms with E-state index in [2.05, 4.69) is 5.32 Å². The van der Waals surface area contributed by atoms with E-state index in [1.54, 1.807) is 24.3 Å². The Balaban J connectivity index is 1.95. The zero-order valence-corrected chi connectivity index (χ0v) is 14.8. The van der Waals surface area contributed by atoms with Gasteiger partial charge in [0.1, 0.15) is 6.04 Å². The van der Waals surface area contributed by atoms with Gasteiger partial charge in [0.05, 0.1) is 0 Å². The molecule has 0 saturated heterocycles. The summed E-state index contributed by atoms with van der Waals surface area (Å²) in [5, 5.41) is 5.55. The SMILES string of the molecule is CC(=O)c1ccc(NC(=O)[C@H](C)[NH2+][C@H](C)c2cccc(Cl)c2)cc1. The summed E-state index contributed by atoms with van der Waals surface area (Å²) < 4.78 is 0. The number of nitrogens with two attached hydrogens (primary N) is 1. The fourth-order valence-corrected chi connectivity index (χ4v) is 2.66. The quantitative estimate of drug-likeness (QED) is 0.790. The van der Waals surface area contributed by atoms with Gasteiger partial charge in [0.2, 0.25) is 0 Å². The van der Waals surface area contributed by atoms with E-state index < -0.39 is 0 Å². The van der Waals surface area contributed by atoms with Crippen molar-refractivity contribution in [3.8, 4) is 0 Å². The van der Waals surface area contributed by atoms with Gasteiger partial charge in [-0.15, -0.1) is 0 Å². The summed E-state index contributed by atoms with van der Waals surface area (Å²) in [6.45, 7) is 5.42. The molecule has 126 valence electrons. The number of anilines is 1. The van der Waals surface area contributed by atoms with Crippen LogP contribution >= 0.6 is 11.6 Å². The van der Waals surface area contributed by atoms with Crippen LogP contribution in [0.15, 0.2) is 48.5 Å². The maximum Gasteiger partial charge on any atom is 0.282 e. The van der Waals surface area contributed by atoms with Crippen LogP contribution in [0.3, 0.4) is 0 Å². The minimum Gasteiger partial charge on any atom is -0.330 e. The average molecular weight is 346 g/mol. The van der Waals surface area contributed by atoms with Crippen LogP contribution in [-0.4, -0.2) is 17.7 Å². The number of Topliss-reactive ketones (excluding diaryl/α,β-unsaturated/α-hetero) is 1. The Labute approximate surface area is 147 Å². The monoisotopic (exact) mass is 345 g/mol. The van der Waals surface area contributed by atoms with E-state index >= 15 is 0 Å². The molecule has 2 atom stereocenters. The van der Waals surface area contributed by atoms with Crippen molar-refractivity contribution in [2.45, 2.75) is 32.9 Å². The van der Waals surface area contributed by atoms with Crippen molar-refractivity contribution in [2.75, 3.05) is 5.32 Å². The van der Waals surface area contributed by atoms with E-state index in [0.29, 0.717) is 16.3 Å². The van der Waals surface area contributed by atoms with E-state index in [1.807, 2.05) is 43.4 Å². The summed E-state index contributed by atoms with van der Waals surface area (Å²) in [7, 11) is 0. The fourth-order valence-electron chi connectivity index (χ4n) is 2.47. The van der Waals surface area contributed by atoms with E-state index in [9.17, 15) is 9.59 Å². The third kappa shape index (κ3) is 4.91. The van der Waals surface area contributed by atoms with Gasteiger partial charge in [0, 0.05) is 21.8 Å². The van der Waals surface area contributed by atoms with Crippen LogP contribution in [0.2, 0.25) is 5.02 Å². The van der Waals surface area contributed by atoms with Crippen LogP contribution in [0.1, 0.15) is 42.7 Å². The number of rotatable bonds is 6. The van der Waals surface area contributed by atoms with Crippen molar-refractivity contribution in [2.24, 2.45) is 0 Å². The Morgan fingerprint density at radius 3 is 2.33 bits per heavy atom. The summed E-state index contributed by atoms with van der Waals surface area (Å²) in [6, 6.07) is 14.4. The summed E-state index contributed by atoms with van der Waals surface area (Å²) >= 11 is 6.01. The first-order chi connectivity index (χ1) is 11.4. The summed E-state index contributed by atoms with van der Waals surface area (Å²) in [4.78, 5) is 23.6. The van der Waals surface area contributed by atoms with Gasteiger partial charge in [-0.25, -0.2) is 0 Å². The first-order valence-corrected chi connectivity index (χ1v) is 8.27. The highest BCUT2D eigenvalue weighted by Crippen LogP contribution is 2.15. The highest BCUT2D eigenvalue weighted by atomic mass is 35.5. The maximum absolute atomic E-state index is 12.3. The molecule has 0 aromatic heterocycles. The lowest BCUT2D eigenvalue weighted by Gasteiger charge is -2.17. The molecule has 4 nitrogen and oxygen atoms in total. The highest BCUT2D eigenvalue weighted by Gasteiger charge is 2.20. The Morgan fingerprint density at radius 2 is 1.75 bits per heavy atom. The summed E-state index contributed by atoms with van der Waals surface area (Å²) in [5.74, 6) is -0.0793. The first kappa shape index (κ1) is 18.2. The molecule has 2 rings (SSSR count).